The van der Waals surface area contributed by atoms with Gasteiger partial charge in [-0.05, 0) is 69.6 Å². The number of piperidine rings is 2. The number of nitrogens with zero attached hydrogens (tertiary/aromatic N) is 2. The van der Waals surface area contributed by atoms with Crippen LogP contribution < -0.4 is 5.32 Å². The number of carbonyl (C=O) groups is 3. The van der Waals surface area contributed by atoms with Crippen molar-refractivity contribution in [3.63, 3.8) is 0 Å². The van der Waals surface area contributed by atoms with E-state index < -0.39 is 0 Å². The third-order valence-corrected chi connectivity index (χ3v) is 7.93. The Morgan fingerprint density at radius 1 is 1.09 bits per heavy atom. The van der Waals surface area contributed by atoms with Crippen LogP contribution >= 0.6 is 0 Å². The number of carbonyl (C=O) groups excluding carboxylic acids is 3. The average molecular weight is 467 g/mol. The highest BCUT2D eigenvalue weighted by molar-refractivity contribution is 5.98. The maximum absolute atomic E-state index is 13.1. The van der Waals surface area contributed by atoms with Crippen molar-refractivity contribution in [3.05, 3.63) is 35.5 Å². The van der Waals surface area contributed by atoms with Crippen LogP contribution in [-0.4, -0.2) is 71.5 Å². The van der Waals surface area contributed by atoms with E-state index in [-0.39, 0.29) is 35.3 Å². The van der Waals surface area contributed by atoms with E-state index >= 15 is 0 Å². The van der Waals surface area contributed by atoms with E-state index in [0.29, 0.717) is 38.5 Å². The quantitative estimate of drug-likeness (QED) is 0.722. The first kappa shape index (κ1) is 22.7. The Labute approximate surface area is 200 Å². The Kier molecular flexibility index (Phi) is 6.00. The number of hydrogen-bond acceptors (Lipinski definition) is 4. The Bertz CT molecular complexity index is 1090. The normalized spacial score (nSPS) is 22.1. The first-order valence-electron chi connectivity index (χ1n) is 12.5. The Morgan fingerprint density at radius 2 is 1.82 bits per heavy atom. The van der Waals surface area contributed by atoms with Crippen LogP contribution in [0.1, 0.15) is 55.1 Å². The SMILES string of the molecule is CCOC(=O)N1CCC(NC(=O)[C@@H]2CC23CCN(C(=O)c2cc4cc(C)ccc4[nH]2)CC3)CC1. The summed E-state index contributed by atoms with van der Waals surface area (Å²) in [7, 11) is 0. The van der Waals surface area contributed by atoms with Crippen molar-refractivity contribution >= 4 is 28.8 Å². The highest BCUT2D eigenvalue weighted by Gasteiger charge is 2.59. The summed E-state index contributed by atoms with van der Waals surface area (Å²) in [6.45, 7) is 6.84. The molecular weight excluding hydrogens is 432 g/mol. The molecule has 3 heterocycles. The number of likely N-dealkylation sites (tertiary alicyclic amines) is 2. The smallest absolute Gasteiger partial charge is 0.409 e. The molecule has 182 valence electrons. The molecule has 3 amide bonds. The molecule has 34 heavy (non-hydrogen) atoms. The minimum atomic E-state index is -0.266. The fourth-order valence-corrected chi connectivity index (χ4v) is 5.69. The van der Waals surface area contributed by atoms with Gasteiger partial charge in [0.05, 0.1) is 6.61 Å². The van der Waals surface area contributed by atoms with Crippen molar-refractivity contribution < 1.29 is 19.1 Å². The number of aromatic amines is 1. The number of aryl methyl sites for hydroxylation is 1. The summed E-state index contributed by atoms with van der Waals surface area (Å²) in [4.78, 5) is 44.7. The number of fused-ring (bicyclic) bond motifs is 1. The second-order valence-electron chi connectivity index (χ2n) is 10.2. The minimum absolute atomic E-state index is 0.0405. The summed E-state index contributed by atoms with van der Waals surface area (Å²) < 4.78 is 5.06. The van der Waals surface area contributed by atoms with Gasteiger partial charge in [-0.1, -0.05) is 11.6 Å². The fourth-order valence-electron chi connectivity index (χ4n) is 5.69. The van der Waals surface area contributed by atoms with Gasteiger partial charge in [0.25, 0.3) is 5.91 Å². The summed E-state index contributed by atoms with van der Waals surface area (Å²) in [5.74, 6) is 0.225. The van der Waals surface area contributed by atoms with Gasteiger partial charge in [0.2, 0.25) is 5.91 Å². The van der Waals surface area contributed by atoms with Gasteiger partial charge in [-0.3, -0.25) is 9.59 Å². The van der Waals surface area contributed by atoms with Crippen molar-refractivity contribution in [2.75, 3.05) is 32.8 Å². The third kappa shape index (κ3) is 4.38. The van der Waals surface area contributed by atoms with E-state index in [1.54, 1.807) is 11.8 Å². The highest BCUT2D eigenvalue weighted by Crippen LogP contribution is 2.59. The molecule has 0 bridgehead atoms. The van der Waals surface area contributed by atoms with E-state index in [1.807, 2.05) is 30.0 Å². The molecule has 5 rings (SSSR count). The zero-order valence-corrected chi connectivity index (χ0v) is 20.1. The molecule has 1 atom stereocenters. The number of hydrogen-bond donors (Lipinski definition) is 2. The van der Waals surface area contributed by atoms with Gasteiger partial charge in [-0.2, -0.15) is 0 Å². The zero-order valence-electron chi connectivity index (χ0n) is 20.1. The lowest BCUT2D eigenvalue weighted by Gasteiger charge is -2.33. The molecule has 2 aliphatic heterocycles. The Balaban J connectivity index is 1.10. The molecule has 2 aromatic rings. The molecule has 3 fully saturated rings. The van der Waals surface area contributed by atoms with Crippen LogP contribution in [0.3, 0.4) is 0 Å². The summed E-state index contributed by atoms with van der Waals surface area (Å²) in [5, 5.41) is 4.28. The number of benzene rings is 1. The molecule has 8 nitrogen and oxygen atoms in total. The van der Waals surface area contributed by atoms with E-state index in [2.05, 4.69) is 16.4 Å². The first-order chi connectivity index (χ1) is 16.4. The molecule has 1 aromatic heterocycles. The van der Waals surface area contributed by atoms with Gasteiger partial charge < -0.3 is 24.8 Å². The molecule has 1 saturated carbocycles. The zero-order chi connectivity index (χ0) is 23.9. The molecular formula is C26H34N4O4. The molecule has 8 heteroatoms. The fraction of sp³-hybridized carbons (Fsp3) is 0.577. The van der Waals surface area contributed by atoms with Crippen LogP contribution in [0.4, 0.5) is 4.79 Å². The number of ether oxygens (including phenoxy) is 1. The van der Waals surface area contributed by atoms with Crippen LogP contribution in [0, 0.1) is 18.3 Å². The number of nitrogens with one attached hydrogen (secondary N) is 2. The lowest BCUT2D eigenvalue weighted by atomic mass is 9.90. The van der Waals surface area contributed by atoms with Crippen molar-refractivity contribution in [3.8, 4) is 0 Å². The summed E-state index contributed by atoms with van der Waals surface area (Å²) >= 11 is 0. The van der Waals surface area contributed by atoms with Gasteiger partial charge in [-0.15, -0.1) is 0 Å². The molecule has 2 saturated heterocycles. The molecule has 0 unspecified atom stereocenters. The second kappa shape index (κ2) is 8.96. The van der Waals surface area contributed by atoms with Crippen molar-refractivity contribution in [2.24, 2.45) is 11.3 Å². The molecule has 3 aliphatic rings. The summed E-state index contributed by atoms with van der Waals surface area (Å²) in [5.41, 5.74) is 2.84. The third-order valence-electron chi connectivity index (χ3n) is 7.93. The van der Waals surface area contributed by atoms with Crippen LogP contribution in [0.25, 0.3) is 10.9 Å². The van der Waals surface area contributed by atoms with E-state index in [9.17, 15) is 14.4 Å². The van der Waals surface area contributed by atoms with Crippen LogP contribution in [0.5, 0.6) is 0 Å². The largest absolute Gasteiger partial charge is 0.450 e. The van der Waals surface area contributed by atoms with Crippen LogP contribution in [0.2, 0.25) is 0 Å². The summed E-state index contributed by atoms with van der Waals surface area (Å²) in [6.07, 6.45) is 3.91. The number of amides is 3. The van der Waals surface area contributed by atoms with Crippen molar-refractivity contribution in [2.45, 2.75) is 52.0 Å². The number of rotatable bonds is 4. The summed E-state index contributed by atoms with van der Waals surface area (Å²) in [6, 6.07) is 8.20. The van der Waals surface area contributed by atoms with Gasteiger partial charge in [0.1, 0.15) is 5.69 Å². The maximum atomic E-state index is 13.1. The number of H-pyrrole nitrogens is 1. The minimum Gasteiger partial charge on any atom is -0.450 e. The van der Waals surface area contributed by atoms with Gasteiger partial charge in [0.15, 0.2) is 0 Å². The first-order valence-corrected chi connectivity index (χ1v) is 12.5. The van der Waals surface area contributed by atoms with Crippen LogP contribution in [-0.2, 0) is 9.53 Å². The van der Waals surface area contributed by atoms with Crippen molar-refractivity contribution in [1.29, 1.82) is 0 Å². The Morgan fingerprint density at radius 3 is 2.53 bits per heavy atom. The standard InChI is InChI=1S/C26H34N4O4/c1-3-34-25(33)30-10-6-19(7-11-30)27-23(31)20-16-26(20)8-12-29(13-9-26)24(32)22-15-18-14-17(2)4-5-21(18)28-22/h4-5,14-15,19-20,28H,3,6-13,16H2,1-2H3,(H,27,31)/t20-/m0/s1. The monoisotopic (exact) mass is 466 g/mol. The molecule has 1 aliphatic carbocycles. The predicted molar refractivity (Wildman–Crippen MR) is 128 cm³/mol. The van der Waals surface area contributed by atoms with E-state index in [0.717, 1.165) is 43.0 Å². The van der Waals surface area contributed by atoms with Gasteiger partial charge in [-0.25, -0.2) is 4.79 Å². The lowest BCUT2D eigenvalue weighted by Crippen LogP contribution is -2.47. The predicted octanol–water partition coefficient (Wildman–Crippen LogP) is 3.46. The van der Waals surface area contributed by atoms with Gasteiger partial charge >= 0.3 is 6.09 Å². The average Bonchev–Trinajstić information content (AvgIpc) is 3.36. The topological polar surface area (TPSA) is 94.7 Å². The van der Waals surface area contributed by atoms with E-state index in [1.165, 1.54) is 5.56 Å². The maximum Gasteiger partial charge on any atom is 0.409 e. The second-order valence-corrected chi connectivity index (χ2v) is 10.2. The molecule has 1 spiro atoms. The molecule has 2 N–H and O–H groups in total. The number of aromatic nitrogens is 1. The highest BCUT2D eigenvalue weighted by atomic mass is 16.6. The van der Waals surface area contributed by atoms with Gasteiger partial charge in [0, 0.05) is 49.0 Å². The van der Waals surface area contributed by atoms with Crippen molar-refractivity contribution in [1.82, 2.24) is 20.1 Å². The Hall–Kier alpha value is -3.03. The lowest BCUT2D eigenvalue weighted by molar-refractivity contribution is -0.124. The molecule has 1 aromatic carbocycles. The van der Waals surface area contributed by atoms with E-state index in [4.69, 9.17) is 4.74 Å². The molecule has 0 radical (unpaired) electrons. The van der Waals surface area contributed by atoms with Crippen LogP contribution in [0.15, 0.2) is 24.3 Å².